The molecule has 1 aromatic carbocycles. The molecule has 1 N–H and O–H groups in total. The molecule has 0 saturated heterocycles. The van der Waals surface area contributed by atoms with Gasteiger partial charge in [0.1, 0.15) is 0 Å². The van der Waals surface area contributed by atoms with E-state index in [2.05, 4.69) is 21.2 Å². The summed E-state index contributed by atoms with van der Waals surface area (Å²) in [5, 5.41) is 5.13. The highest BCUT2D eigenvalue weighted by Crippen LogP contribution is 2.41. The van der Waals surface area contributed by atoms with E-state index in [0.717, 1.165) is 26.1 Å². The van der Waals surface area contributed by atoms with Gasteiger partial charge in [0.25, 0.3) is 0 Å². The number of hydrogen-bond acceptors (Lipinski definition) is 3. The molecule has 18 heavy (non-hydrogen) atoms. The smallest absolute Gasteiger partial charge is 0.161 e. The molecule has 1 aliphatic heterocycles. The molecule has 1 spiro atoms. The van der Waals surface area contributed by atoms with Gasteiger partial charge in [-0.25, -0.2) is 0 Å². The zero-order valence-corrected chi connectivity index (χ0v) is 13.0. The molecular formula is C13H14BrClN2S. The van der Waals surface area contributed by atoms with Crippen LogP contribution in [0.15, 0.2) is 27.7 Å². The second kappa shape index (κ2) is 5.06. The summed E-state index contributed by atoms with van der Waals surface area (Å²) in [7, 11) is 0. The molecule has 0 aromatic heterocycles. The van der Waals surface area contributed by atoms with Crippen molar-refractivity contribution in [3.05, 3.63) is 27.7 Å². The average Bonchev–Trinajstić information content (AvgIpc) is 2.96. The number of hydrogen-bond donors (Lipinski definition) is 1. The van der Waals surface area contributed by atoms with Gasteiger partial charge in [-0.3, -0.25) is 4.99 Å². The Morgan fingerprint density at radius 3 is 2.83 bits per heavy atom. The summed E-state index contributed by atoms with van der Waals surface area (Å²) in [4.78, 5) is 4.88. The summed E-state index contributed by atoms with van der Waals surface area (Å²) >= 11 is 11.3. The van der Waals surface area contributed by atoms with Crippen molar-refractivity contribution >= 4 is 50.1 Å². The Bertz CT molecular complexity index is 498. The van der Waals surface area contributed by atoms with E-state index >= 15 is 0 Å². The zero-order valence-electron chi connectivity index (χ0n) is 9.88. The lowest BCUT2D eigenvalue weighted by molar-refractivity contribution is 0.508. The van der Waals surface area contributed by atoms with Gasteiger partial charge < -0.3 is 5.32 Å². The third-order valence-electron chi connectivity index (χ3n) is 3.52. The molecule has 2 nitrogen and oxygen atoms in total. The van der Waals surface area contributed by atoms with Gasteiger partial charge in [-0.15, -0.1) is 0 Å². The van der Waals surface area contributed by atoms with Crippen molar-refractivity contribution in [3.63, 3.8) is 0 Å². The minimum absolute atomic E-state index is 0.228. The predicted molar refractivity (Wildman–Crippen MR) is 83.9 cm³/mol. The van der Waals surface area contributed by atoms with Gasteiger partial charge in [-0.2, -0.15) is 0 Å². The van der Waals surface area contributed by atoms with E-state index in [1.807, 2.05) is 30.0 Å². The average molecular weight is 346 g/mol. The SMILES string of the molecule is Clc1cc(NC2=NC3(CCCC3)CS2)ccc1Br. The lowest BCUT2D eigenvalue weighted by atomic mass is 10.0. The molecule has 0 radical (unpaired) electrons. The summed E-state index contributed by atoms with van der Waals surface area (Å²) < 4.78 is 0.919. The maximum Gasteiger partial charge on any atom is 0.161 e. The number of amidine groups is 1. The van der Waals surface area contributed by atoms with Crippen LogP contribution < -0.4 is 5.32 Å². The standard InChI is InChI=1S/C13H14BrClN2S/c14-10-4-3-9(7-11(10)15)16-12-17-13(8-18-12)5-1-2-6-13/h3-4,7H,1-2,5-6,8H2,(H,16,17). The van der Waals surface area contributed by atoms with Gasteiger partial charge in [-0.1, -0.05) is 36.2 Å². The molecule has 0 unspecified atom stereocenters. The number of rotatable bonds is 1. The van der Waals surface area contributed by atoms with Crippen LogP contribution >= 0.6 is 39.3 Å². The van der Waals surface area contributed by atoms with Gasteiger partial charge in [-0.05, 0) is 47.0 Å². The fourth-order valence-corrected chi connectivity index (χ4v) is 4.17. The fourth-order valence-electron chi connectivity index (χ4n) is 2.53. The Kier molecular flexibility index (Phi) is 3.61. The molecule has 96 valence electrons. The number of benzene rings is 1. The van der Waals surface area contributed by atoms with Crippen molar-refractivity contribution < 1.29 is 0 Å². The fraction of sp³-hybridized carbons (Fsp3) is 0.462. The number of nitrogens with one attached hydrogen (secondary N) is 1. The third kappa shape index (κ3) is 2.56. The van der Waals surface area contributed by atoms with Crippen LogP contribution in [0.4, 0.5) is 5.69 Å². The van der Waals surface area contributed by atoms with Crippen molar-refractivity contribution in [2.24, 2.45) is 4.99 Å². The number of nitrogens with zero attached hydrogens (tertiary/aromatic N) is 1. The number of aliphatic imine (C=N–C) groups is 1. The van der Waals surface area contributed by atoms with E-state index in [0.29, 0.717) is 0 Å². The van der Waals surface area contributed by atoms with E-state index in [9.17, 15) is 0 Å². The van der Waals surface area contributed by atoms with Crippen LogP contribution in [0, 0.1) is 0 Å². The molecule has 3 rings (SSSR count). The summed E-state index contributed by atoms with van der Waals surface area (Å²) in [5.74, 6) is 1.12. The van der Waals surface area contributed by atoms with Crippen molar-refractivity contribution in [1.82, 2.24) is 0 Å². The first-order chi connectivity index (χ1) is 8.67. The molecule has 1 heterocycles. The van der Waals surface area contributed by atoms with Crippen LogP contribution in [0.5, 0.6) is 0 Å². The van der Waals surface area contributed by atoms with E-state index < -0.39 is 0 Å². The Labute approximate surface area is 125 Å². The predicted octanol–water partition coefficient (Wildman–Crippen LogP) is 4.93. The molecule has 2 aliphatic rings. The van der Waals surface area contributed by atoms with Crippen LogP contribution in [0.25, 0.3) is 0 Å². The highest BCUT2D eigenvalue weighted by molar-refractivity contribution is 9.10. The third-order valence-corrected chi connectivity index (χ3v) is 5.90. The minimum Gasteiger partial charge on any atom is -0.335 e. The van der Waals surface area contributed by atoms with Crippen LogP contribution in [-0.4, -0.2) is 16.5 Å². The molecule has 1 fully saturated rings. The lowest BCUT2D eigenvalue weighted by Crippen LogP contribution is -2.21. The largest absolute Gasteiger partial charge is 0.335 e. The second-order valence-corrected chi connectivity index (χ2v) is 7.12. The highest BCUT2D eigenvalue weighted by atomic mass is 79.9. The first-order valence-corrected chi connectivity index (χ1v) is 8.27. The monoisotopic (exact) mass is 344 g/mol. The topological polar surface area (TPSA) is 24.4 Å². The minimum atomic E-state index is 0.228. The van der Waals surface area contributed by atoms with E-state index in [1.54, 1.807) is 0 Å². The molecule has 1 aromatic rings. The van der Waals surface area contributed by atoms with Gasteiger partial charge in [0, 0.05) is 15.9 Å². The van der Waals surface area contributed by atoms with E-state index in [1.165, 1.54) is 25.7 Å². The van der Waals surface area contributed by atoms with Crippen LogP contribution in [-0.2, 0) is 0 Å². The molecular weight excluding hydrogens is 332 g/mol. The van der Waals surface area contributed by atoms with Gasteiger partial charge in [0.15, 0.2) is 5.17 Å². The summed E-state index contributed by atoms with van der Waals surface area (Å²) in [6, 6.07) is 5.89. The Balaban J connectivity index is 1.75. The molecule has 0 amide bonds. The first kappa shape index (κ1) is 12.8. The van der Waals surface area contributed by atoms with E-state index in [-0.39, 0.29) is 5.54 Å². The Morgan fingerprint density at radius 2 is 2.11 bits per heavy atom. The van der Waals surface area contributed by atoms with Crippen LogP contribution in [0.1, 0.15) is 25.7 Å². The maximum absolute atomic E-state index is 6.09. The Morgan fingerprint density at radius 1 is 1.33 bits per heavy atom. The van der Waals surface area contributed by atoms with Crippen LogP contribution in [0.3, 0.4) is 0 Å². The normalized spacial score (nSPS) is 21.3. The zero-order chi connectivity index (χ0) is 12.6. The van der Waals surface area contributed by atoms with Crippen molar-refractivity contribution in [2.45, 2.75) is 31.2 Å². The van der Waals surface area contributed by atoms with Crippen LogP contribution in [0.2, 0.25) is 5.02 Å². The molecule has 1 aliphatic carbocycles. The van der Waals surface area contributed by atoms with Crippen molar-refractivity contribution in [1.29, 1.82) is 0 Å². The van der Waals surface area contributed by atoms with E-state index in [4.69, 9.17) is 16.6 Å². The Hall–Kier alpha value is -0.190. The summed E-state index contributed by atoms with van der Waals surface area (Å²) in [6.45, 7) is 0. The number of anilines is 1. The second-order valence-electron chi connectivity index (χ2n) is 4.89. The van der Waals surface area contributed by atoms with Gasteiger partial charge in [0.2, 0.25) is 0 Å². The van der Waals surface area contributed by atoms with Gasteiger partial charge >= 0.3 is 0 Å². The maximum atomic E-state index is 6.09. The molecule has 0 atom stereocenters. The molecule has 5 heteroatoms. The van der Waals surface area contributed by atoms with Crippen molar-refractivity contribution in [2.75, 3.05) is 11.1 Å². The lowest BCUT2D eigenvalue weighted by Gasteiger charge is -2.16. The molecule has 1 saturated carbocycles. The number of halogens is 2. The summed E-state index contributed by atoms with van der Waals surface area (Å²) in [6.07, 6.45) is 5.13. The van der Waals surface area contributed by atoms with Gasteiger partial charge in [0.05, 0.1) is 10.6 Å². The number of thioether (sulfide) groups is 1. The first-order valence-electron chi connectivity index (χ1n) is 6.12. The molecule has 0 bridgehead atoms. The highest BCUT2D eigenvalue weighted by Gasteiger charge is 2.38. The summed E-state index contributed by atoms with van der Waals surface area (Å²) in [5.41, 5.74) is 1.23. The van der Waals surface area contributed by atoms with Crippen molar-refractivity contribution in [3.8, 4) is 0 Å². The quantitative estimate of drug-likeness (QED) is 0.780.